The average molecular weight is 179 g/mol. The topological polar surface area (TPSA) is 46.9 Å². The summed E-state index contributed by atoms with van der Waals surface area (Å²) < 4.78 is 1.53. The van der Waals surface area contributed by atoms with Crippen LogP contribution >= 0.6 is 0 Å². The number of nitrogens with zero attached hydrogens (tertiary/aromatic N) is 2. The van der Waals surface area contributed by atoms with E-state index in [-0.39, 0.29) is 5.56 Å². The highest BCUT2D eigenvalue weighted by molar-refractivity contribution is 5.34. The standard InChI is InChI=1S/C9H13N3O/c1-6-5-7(6)11-8-9(13)12(2)4-3-10-8/h3-4,6-7H,5H2,1-2H3,(H,10,11)/t6-,7-/m1/s1. The fourth-order valence-electron chi connectivity index (χ4n) is 1.30. The Hall–Kier alpha value is -1.32. The zero-order valence-electron chi connectivity index (χ0n) is 7.82. The molecule has 2 atom stereocenters. The smallest absolute Gasteiger partial charge is 0.293 e. The fourth-order valence-corrected chi connectivity index (χ4v) is 1.30. The molecule has 70 valence electrons. The first-order valence-corrected chi connectivity index (χ1v) is 4.46. The van der Waals surface area contributed by atoms with Gasteiger partial charge in [0.1, 0.15) is 0 Å². The van der Waals surface area contributed by atoms with E-state index in [9.17, 15) is 4.79 Å². The van der Waals surface area contributed by atoms with Crippen LogP contribution in [0.5, 0.6) is 0 Å². The second kappa shape index (κ2) is 2.87. The van der Waals surface area contributed by atoms with E-state index in [4.69, 9.17) is 0 Å². The SMILES string of the molecule is C[C@@H]1C[C@H]1Nc1nccn(C)c1=O. The Morgan fingerprint density at radius 2 is 2.38 bits per heavy atom. The molecule has 1 N–H and O–H groups in total. The molecule has 1 heterocycles. The second-order valence-electron chi connectivity index (χ2n) is 3.66. The maximum absolute atomic E-state index is 11.5. The van der Waals surface area contributed by atoms with E-state index in [2.05, 4.69) is 17.2 Å². The molecule has 1 aliphatic rings. The van der Waals surface area contributed by atoms with E-state index in [0.29, 0.717) is 17.8 Å². The fraction of sp³-hybridized carbons (Fsp3) is 0.556. The monoisotopic (exact) mass is 179 g/mol. The molecule has 0 unspecified atom stereocenters. The zero-order valence-corrected chi connectivity index (χ0v) is 7.82. The van der Waals surface area contributed by atoms with Crippen molar-refractivity contribution in [2.75, 3.05) is 5.32 Å². The van der Waals surface area contributed by atoms with Gasteiger partial charge in [-0.1, -0.05) is 6.92 Å². The van der Waals surface area contributed by atoms with Crippen LogP contribution in [0.1, 0.15) is 13.3 Å². The summed E-state index contributed by atoms with van der Waals surface area (Å²) in [4.78, 5) is 15.5. The van der Waals surface area contributed by atoms with Crippen LogP contribution in [0.2, 0.25) is 0 Å². The molecule has 1 aromatic heterocycles. The van der Waals surface area contributed by atoms with Crippen molar-refractivity contribution in [3.8, 4) is 0 Å². The Kier molecular flexibility index (Phi) is 1.83. The van der Waals surface area contributed by atoms with Gasteiger partial charge in [-0.15, -0.1) is 0 Å². The largest absolute Gasteiger partial charge is 0.362 e. The minimum atomic E-state index is -0.0541. The van der Waals surface area contributed by atoms with Gasteiger partial charge in [0.05, 0.1) is 0 Å². The molecular formula is C9H13N3O. The van der Waals surface area contributed by atoms with Gasteiger partial charge in [0.15, 0.2) is 5.82 Å². The van der Waals surface area contributed by atoms with Crippen LogP contribution in [0.15, 0.2) is 17.2 Å². The molecule has 0 aliphatic heterocycles. The Morgan fingerprint density at radius 3 is 3.00 bits per heavy atom. The summed E-state index contributed by atoms with van der Waals surface area (Å²) in [5.74, 6) is 1.14. The first-order valence-electron chi connectivity index (χ1n) is 4.46. The molecule has 4 heteroatoms. The van der Waals surface area contributed by atoms with Crippen molar-refractivity contribution < 1.29 is 0 Å². The van der Waals surface area contributed by atoms with Gasteiger partial charge < -0.3 is 9.88 Å². The van der Waals surface area contributed by atoms with Crippen molar-refractivity contribution in [3.05, 3.63) is 22.7 Å². The summed E-state index contributed by atoms with van der Waals surface area (Å²) in [6.07, 6.45) is 4.43. The molecule has 4 nitrogen and oxygen atoms in total. The molecule has 0 amide bonds. The number of nitrogens with one attached hydrogen (secondary N) is 1. The molecule has 1 saturated carbocycles. The highest BCUT2D eigenvalue weighted by Gasteiger charge is 2.33. The molecule has 0 aromatic carbocycles. The van der Waals surface area contributed by atoms with Gasteiger partial charge in [-0.2, -0.15) is 0 Å². The lowest BCUT2D eigenvalue weighted by atomic mass is 10.5. The minimum Gasteiger partial charge on any atom is -0.362 e. The number of anilines is 1. The van der Waals surface area contributed by atoms with Crippen molar-refractivity contribution in [2.45, 2.75) is 19.4 Å². The van der Waals surface area contributed by atoms with Gasteiger partial charge in [-0.25, -0.2) is 4.98 Å². The summed E-state index contributed by atoms with van der Waals surface area (Å²) in [6, 6.07) is 0.447. The quantitative estimate of drug-likeness (QED) is 0.723. The van der Waals surface area contributed by atoms with Crippen LogP contribution < -0.4 is 10.9 Å². The predicted molar refractivity (Wildman–Crippen MR) is 50.7 cm³/mol. The Balaban J connectivity index is 2.21. The van der Waals surface area contributed by atoms with Crippen LogP contribution in [0, 0.1) is 5.92 Å². The number of aryl methyl sites for hydroxylation is 1. The zero-order chi connectivity index (χ0) is 9.42. The maximum Gasteiger partial charge on any atom is 0.293 e. The lowest BCUT2D eigenvalue weighted by Gasteiger charge is -2.03. The average Bonchev–Trinajstić information content (AvgIpc) is 2.77. The number of hydrogen-bond donors (Lipinski definition) is 1. The van der Waals surface area contributed by atoms with Gasteiger partial charge in [-0.05, 0) is 12.3 Å². The van der Waals surface area contributed by atoms with Crippen molar-refractivity contribution in [1.82, 2.24) is 9.55 Å². The first kappa shape index (κ1) is 8.29. The van der Waals surface area contributed by atoms with Crippen molar-refractivity contribution in [1.29, 1.82) is 0 Å². The Bertz CT molecular complexity index is 371. The van der Waals surface area contributed by atoms with Gasteiger partial charge in [-0.3, -0.25) is 4.79 Å². The third kappa shape index (κ3) is 1.56. The van der Waals surface area contributed by atoms with Gasteiger partial charge in [0.25, 0.3) is 5.56 Å². The lowest BCUT2D eigenvalue weighted by Crippen LogP contribution is -2.23. The van der Waals surface area contributed by atoms with E-state index in [1.807, 2.05) is 0 Å². The summed E-state index contributed by atoms with van der Waals surface area (Å²) in [6.45, 7) is 2.16. The number of hydrogen-bond acceptors (Lipinski definition) is 3. The third-order valence-corrected chi connectivity index (χ3v) is 2.45. The van der Waals surface area contributed by atoms with Crippen LogP contribution in [0.4, 0.5) is 5.82 Å². The number of aromatic nitrogens is 2. The molecule has 0 bridgehead atoms. The lowest BCUT2D eigenvalue weighted by molar-refractivity contribution is 0.833. The van der Waals surface area contributed by atoms with E-state index >= 15 is 0 Å². The van der Waals surface area contributed by atoms with Crippen molar-refractivity contribution in [3.63, 3.8) is 0 Å². The molecule has 0 saturated heterocycles. The van der Waals surface area contributed by atoms with Crippen LogP contribution in [-0.2, 0) is 7.05 Å². The van der Waals surface area contributed by atoms with Crippen molar-refractivity contribution >= 4 is 5.82 Å². The van der Waals surface area contributed by atoms with E-state index < -0.39 is 0 Å². The Morgan fingerprint density at radius 1 is 1.69 bits per heavy atom. The van der Waals surface area contributed by atoms with Crippen LogP contribution in [-0.4, -0.2) is 15.6 Å². The van der Waals surface area contributed by atoms with Crippen molar-refractivity contribution in [2.24, 2.45) is 13.0 Å². The molecular weight excluding hydrogens is 166 g/mol. The van der Waals surface area contributed by atoms with E-state index in [0.717, 1.165) is 6.42 Å². The second-order valence-corrected chi connectivity index (χ2v) is 3.66. The summed E-state index contributed by atoms with van der Waals surface area (Å²) in [7, 11) is 1.73. The molecule has 2 rings (SSSR count). The highest BCUT2D eigenvalue weighted by Crippen LogP contribution is 2.31. The maximum atomic E-state index is 11.5. The predicted octanol–water partition coefficient (Wildman–Crippen LogP) is 0.601. The molecule has 0 radical (unpaired) electrons. The molecule has 1 fully saturated rings. The minimum absolute atomic E-state index is 0.0541. The Labute approximate surface area is 76.6 Å². The van der Waals surface area contributed by atoms with Gasteiger partial charge in [0, 0.05) is 25.5 Å². The molecule has 1 aliphatic carbocycles. The third-order valence-electron chi connectivity index (χ3n) is 2.45. The molecule has 13 heavy (non-hydrogen) atoms. The van der Waals surface area contributed by atoms with E-state index in [1.54, 1.807) is 19.4 Å². The summed E-state index contributed by atoms with van der Waals surface area (Å²) >= 11 is 0. The van der Waals surface area contributed by atoms with Gasteiger partial charge >= 0.3 is 0 Å². The number of rotatable bonds is 2. The highest BCUT2D eigenvalue weighted by atomic mass is 16.1. The molecule has 0 spiro atoms. The molecule has 1 aromatic rings. The van der Waals surface area contributed by atoms with Gasteiger partial charge in [0.2, 0.25) is 0 Å². The summed E-state index contributed by atoms with van der Waals surface area (Å²) in [5, 5.41) is 3.13. The first-order chi connectivity index (χ1) is 6.18. The van der Waals surface area contributed by atoms with E-state index in [1.165, 1.54) is 4.57 Å². The summed E-state index contributed by atoms with van der Waals surface area (Å²) in [5.41, 5.74) is -0.0541. The normalized spacial score (nSPS) is 25.7. The van der Waals surface area contributed by atoms with Crippen LogP contribution in [0.25, 0.3) is 0 Å². The van der Waals surface area contributed by atoms with Crippen LogP contribution in [0.3, 0.4) is 0 Å².